The van der Waals surface area contributed by atoms with Gasteiger partial charge in [0.15, 0.2) is 0 Å². The first kappa shape index (κ1) is 24.1. The molecule has 2 N–H and O–H groups in total. The molecule has 33 heavy (non-hydrogen) atoms. The van der Waals surface area contributed by atoms with Crippen LogP contribution in [0.4, 0.5) is 5.69 Å². The summed E-state index contributed by atoms with van der Waals surface area (Å²) in [7, 11) is 2.80. The fraction of sp³-hybridized carbons (Fsp3) is 0.192. The Labute approximate surface area is 197 Å². The zero-order valence-electron chi connectivity index (χ0n) is 19.5. The van der Waals surface area contributed by atoms with E-state index in [1.54, 1.807) is 29.1 Å². The molecule has 0 aliphatic rings. The summed E-state index contributed by atoms with van der Waals surface area (Å²) >= 11 is 1.60. The number of hydrogen-bond acceptors (Lipinski definition) is 6. The maximum Gasteiger partial charge on any atom is 0.258 e. The van der Waals surface area contributed by atoms with Gasteiger partial charge in [0.05, 0.1) is 5.52 Å². The zero-order chi connectivity index (χ0) is 24.1. The van der Waals surface area contributed by atoms with E-state index in [2.05, 4.69) is 21.9 Å². The van der Waals surface area contributed by atoms with Gasteiger partial charge >= 0.3 is 0 Å². The number of aliphatic hydroxyl groups is 1. The van der Waals surface area contributed by atoms with E-state index in [0.717, 1.165) is 56.8 Å². The van der Waals surface area contributed by atoms with Gasteiger partial charge in [-0.1, -0.05) is 12.6 Å². The third kappa shape index (κ3) is 5.27. The maximum atomic E-state index is 13.1. The van der Waals surface area contributed by atoms with Crippen LogP contribution in [0.25, 0.3) is 27.6 Å². The van der Waals surface area contributed by atoms with Crippen LogP contribution in [0.2, 0.25) is 0 Å². The van der Waals surface area contributed by atoms with E-state index in [4.69, 9.17) is 5.11 Å². The van der Waals surface area contributed by atoms with Crippen molar-refractivity contribution in [2.24, 2.45) is 7.05 Å². The Kier molecular flexibility index (Phi) is 7.58. The van der Waals surface area contributed by atoms with E-state index in [1.165, 1.54) is 0 Å². The Morgan fingerprint density at radius 1 is 1.15 bits per heavy atom. The van der Waals surface area contributed by atoms with Crippen LogP contribution >= 0.6 is 11.3 Å². The fourth-order valence-corrected chi connectivity index (χ4v) is 4.23. The number of rotatable bonds is 5. The van der Waals surface area contributed by atoms with Crippen LogP contribution in [0.1, 0.15) is 23.2 Å². The Bertz CT molecular complexity index is 1390. The summed E-state index contributed by atoms with van der Waals surface area (Å²) in [6, 6.07) is 9.87. The van der Waals surface area contributed by atoms with Gasteiger partial charge in [-0.05, 0) is 67.8 Å². The molecule has 0 fully saturated rings. The predicted molar refractivity (Wildman–Crippen MR) is 139 cm³/mol. The third-order valence-electron chi connectivity index (χ3n) is 5.24. The molecule has 0 aliphatic carbocycles. The van der Waals surface area contributed by atoms with Crippen molar-refractivity contribution >= 4 is 33.5 Å². The normalized spacial score (nSPS) is 11.2. The summed E-state index contributed by atoms with van der Waals surface area (Å²) in [5.41, 5.74) is 6.99. The first-order valence-corrected chi connectivity index (χ1v) is 11.3. The number of thiazole rings is 1. The monoisotopic (exact) mass is 460 g/mol. The molecule has 6 nitrogen and oxygen atoms in total. The third-order valence-corrected chi connectivity index (χ3v) is 6.15. The molecule has 4 aromatic rings. The van der Waals surface area contributed by atoms with Crippen LogP contribution in [0.5, 0.6) is 0 Å². The number of pyridine rings is 2. The molecule has 0 radical (unpaired) electrons. The van der Waals surface area contributed by atoms with Gasteiger partial charge in [0.2, 0.25) is 0 Å². The highest BCUT2D eigenvalue weighted by molar-refractivity contribution is 7.10. The minimum Gasteiger partial charge on any atom is -0.400 e. The highest BCUT2D eigenvalue weighted by Crippen LogP contribution is 2.28. The lowest BCUT2D eigenvalue weighted by molar-refractivity contribution is 0.399. The highest BCUT2D eigenvalue weighted by Gasteiger charge is 2.12. The molecule has 0 amide bonds. The van der Waals surface area contributed by atoms with E-state index in [9.17, 15) is 4.79 Å². The number of allylic oxidation sites excluding steroid dienone is 2. The van der Waals surface area contributed by atoms with Crippen LogP contribution in [0.3, 0.4) is 0 Å². The fourth-order valence-electron chi connectivity index (χ4n) is 3.61. The summed E-state index contributed by atoms with van der Waals surface area (Å²) in [5.74, 6) is 0. The maximum absolute atomic E-state index is 13.1. The van der Waals surface area contributed by atoms with Crippen molar-refractivity contribution in [1.82, 2.24) is 14.5 Å². The quantitative estimate of drug-likeness (QED) is 0.395. The lowest BCUT2D eigenvalue weighted by Crippen LogP contribution is -2.19. The molecule has 0 spiro atoms. The van der Waals surface area contributed by atoms with Gasteiger partial charge in [-0.25, -0.2) is 4.98 Å². The SMILES string of the molecule is C=C(/C=C(\C)c1nccs1)Nc1ccc(C)c(-c2cc3cnc(C)cc3n(C)c2=O)c1.CO. The summed E-state index contributed by atoms with van der Waals surface area (Å²) in [6.07, 6.45) is 5.58. The van der Waals surface area contributed by atoms with Crippen molar-refractivity contribution in [2.75, 3.05) is 12.4 Å². The number of aliphatic hydroxyl groups excluding tert-OH is 1. The molecule has 3 heterocycles. The number of anilines is 1. The van der Waals surface area contributed by atoms with Crippen LogP contribution in [0.15, 0.2) is 71.3 Å². The Balaban J connectivity index is 0.00000149. The molecule has 0 unspecified atom stereocenters. The number of aromatic nitrogens is 3. The van der Waals surface area contributed by atoms with Crippen molar-refractivity contribution in [3.63, 3.8) is 0 Å². The second-order valence-electron chi connectivity index (χ2n) is 7.65. The highest BCUT2D eigenvalue weighted by atomic mass is 32.1. The number of nitrogens with one attached hydrogen (secondary N) is 1. The van der Waals surface area contributed by atoms with Gasteiger partial charge in [-0.3, -0.25) is 9.78 Å². The molecular weight excluding hydrogens is 432 g/mol. The molecule has 0 bridgehead atoms. The number of benzene rings is 1. The van der Waals surface area contributed by atoms with Gasteiger partial charge in [0.1, 0.15) is 5.01 Å². The lowest BCUT2D eigenvalue weighted by atomic mass is 9.99. The van der Waals surface area contributed by atoms with Gasteiger partial charge in [0.25, 0.3) is 5.56 Å². The minimum absolute atomic E-state index is 0.0308. The molecule has 3 aromatic heterocycles. The van der Waals surface area contributed by atoms with E-state index >= 15 is 0 Å². The first-order valence-electron chi connectivity index (χ1n) is 10.4. The van der Waals surface area contributed by atoms with Crippen molar-refractivity contribution in [1.29, 1.82) is 0 Å². The molecule has 7 heteroatoms. The smallest absolute Gasteiger partial charge is 0.258 e. The number of hydrogen-bond donors (Lipinski definition) is 2. The number of nitrogens with zero attached hydrogens (tertiary/aromatic N) is 3. The molecular formula is C26H28N4O2S. The van der Waals surface area contributed by atoms with E-state index in [1.807, 2.05) is 68.8 Å². The van der Waals surface area contributed by atoms with Crippen molar-refractivity contribution in [2.45, 2.75) is 20.8 Å². The minimum atomic E-state index is -0.0308. The van der Waals surface area contributed by atoms with Crippen molar-refractivity contribution < 1.29 is 5.11 Å². The summed E-state index contributed by atoms with van der Waals surface area (Å²) < 4.78 is 1.69. The average molecular weight is 461 g/mol. The topological polar surface area (TPSA) is 80.0 Å². The zero-order valence-corrected chi connectivity index (χ0v) is 20.3. The van der Waals surface area contributed by atoms with Crippen LogP contribution in [0, 0.1) is 13.8 Å². The summed E-state index contributed by atoms with van der Waals surface area (Å²) in [6.45, 7) is 10.1. The van der Waals surface area contributed by atoms with Gasteiger partial charge in [0, 0.05) is 60.0 Å². The molecule has 170 valence electrons. The molecule has 0 aliphatic heterocycles. The second-order valence-corrected chi connectivity index (χ2v) is 8.55. The van der Waals surface area contributed by atoms with Crippen molar-refractivity contribution in [3.05, 3.63) is 93.1 Å². The van der Waals surface area contributed by atoms with E-state index in [-0.39, 0.29) is 5.56 Å². The van der Waals surface area contributed by atoms with E-state index in [0.29, 0.717) is 5.56 Å². The summed E-state index contributed by atoms with van der Waals surface area (Å²) in [4.78, 5) is 21.9. The van der Waals surface area contributed by atoms with Gasteiger partial charge < -0.3 is 15.0 Å². The van der Waals surface area contributed by atoms with Crippen LogP contribution < -0.4 is 10.9 Å². The largest absolute Gasteiger partial charge is 0.400 e. The Morgan fingerprint density at radius 2 is 1.91 bits per heavy atom. The standard InChI is InChI=1S/C25H24N4OS.CH4O/c1-15-6-7-20(28-18(4)10-16(2)24-26-8-9-31-24)13-21(15)22-12-19-14-27-17(3)11-23(19)29(5)25(22)30;1-2/h6-14,28H,4H2,1-3,5H3;2H,1H3/b16-10+;. The second kappa shape index (κ2) is 10.4. The molecule has 0 atom stereocenters. The molecule has 1 aromatic carbocycles. The lowest BCUT2D eigenvalue weighted by Gasteiger charge is -2.14. The number of fused-ring (bicyclic) bond motifs is 1. The predicted octanol–water partition coefficient (Wildman–Crippen LogP) is 5.31. The van der Waals surface area contributed by atoms with Crippen LogP contribution in [-0.4, -0.2) is 26.8 Å². The summed E-state index contributed by atoms with van der Waals surface area (Å²) in [5, 5.41) is 14.2. The first-order chi connectivity index (χ1) is 15.8. The number of aryl methyl sites for hydroxylation is 3. The van der Waals surface area contributed by atoms with Crippen LogP contribution in [-0.2, 0) is 7.05 Å². The molecule has 4 rings (SSSR count). The van der Waals surface area contributed by atoms with Crippen molar-refractivity contribution in [3.8, 4) is 11.1 Å². The van der Waals surface area contributed by atoms with E-state index < -0.39 is 0 Å². The molecule has 0 saturated heterocycles. The Morgan fingerprint density at radius 3 is 2.61 bits per heavy atom. The van der Waals surface area contributed by atoms with Gasteiger partial charge in [-0.15, -0.1) is 11.3 Å². The molecule has 0 saturated carbocycles. The Hall–Kier alpha value is -3.55. The average Bonchev–Trinajstić information content (AvgIpc) is 3.35. The van der Waals surface area contributed by atoms with Gasteiger partial charge in [-0.2, -0.15) is 0 Å².